The SMILES string of the molecule is CN(C)P(N)(=O)OP(=O)(N(C)C)N(C)C. The van der Waals surface area contributed by atoms with Crippen LogP contribution < -0.4 is 5.50 Å². The van der Waals surface area contributed by atoms with Crippen molar-refractivity contribution in [3.63, 3.8) is 0 Å². The Morgan fingerprint density at radius 3 is 1.40 bits per heavy atom. The van der Waals surface area contributed by atoms with Gasteiger partial charge in [-0.05, 0) is 42.3 Å². The third-order valence-corrected chi connectivity index (χ3v) is 6.72. The van der Waals surface area contributed by atoms with Crippen LogP contribution in [0, 0.1) is 0 Å². The lowest BCUT2D eigenvalue weighted by molar-refractivity contribution is 0.332. The maximum atomic E-state index is 12.3. The lowest BCUT2D eigenvalue weighted by Gasteiger charge is -2.32. The van der Waals surface area contributed by atoms with Crippen LogP contribution in [-0.4, -0.2) is 56.3 Å². The molecule has 0 aliphatic rings. The van der Waals surface area contributed by atoms with Gasteiger partial charge in [-0.25, -0.2) is 23.8 Å². The zero-order valence-electron chi connectivity index (χ0n) is 10.0. The number of rotatable bonds is 5. The first-order chi connectivity index (χ1) is 6.54. The summed E-state index contributed by atoms with van der Waals surface area (Å²) in [7, 11) is 2.53. The summed E-state index contributed by atoms with van der Waals surface area (Å²) >= 11 is 0. The minimum absolute atomic E-state index is 1.23. The van der Waals surface area contributed by atoms with Crippen molar-refractivity contribution in [1.29, 1.82) is 0 Å². The van der Waals surface area contributed by atoms with Gasteiger partial charge >= 0.3 is 15.3 Å². The van der Waals surface area contributed by atoms with Crippen LogP contribution in [0.15, 0.2) is 0 Å². The molecule has 1 unspecified atom stereocenters. The first-order valence-corrected chi connectivity index (χ1v) is 7.45. The summed E-state index contributed by atoms with van der Waals surface area (Å²) in [4.78, 5) is 0. The van der Waals surface area contributed by atoms with Crippen LogP contribution in [0.25, 0.3) is 0 Å². The van der Waals surface area contributed by atoms with Gasteiger partial charge < -0.3 is 0 Å². The van der Waals surface area contributed by atoms with E-state index in [2.05, 4.69) is 0 Å². The summed E-state index contributed by atoms with van der Waals surface area (Å²) < 4.78 is 33.1. The summed E-state index contributed by atoms with van der Waals surface area (Å²) in [6, 6.07) is 0. The average Bonchev–Trinajstić information content (AvgIpc) is 2.02. The molecule has 2 N–H and O–H groups in total. The van der Waals surface area contributed by atoms with Crippen LogP contribution in [0.5, 0.6) is 0 Å². The van der Waals surface area contributed by atoms with Crippen molar-refractivity contribution in [2.24, 2.45) is 5.50 Å². The molecule has 0 radical (unpaired) electrons. The van der Waals surface area contributed by atoms with E-state index in [0.29, 0.717) is 0 Å². The molecule has 0 saturated carbocycles. The van der Waals surface area contributed by atoms with Gasteiger partial charge in [0.05, 0.1) is 0 Å². The number of hydrogen-bond acceptors (Lipinski definition) is 3. The maximum Gasteiger partial charge on any atom is 0.352 e. The fraction of sp³-hybridized carbons (Fsp3) is 1.00. The molecule has 0 saturated heterocycles. The van der Waals surface area contributed by atoms with Crippen LogP contribution in [0.4, 0.5) is 0 Å². The van der Waals surface area contributed by atoms with E-state index in [4.69, 9.17) is 9.81 Å². The van der Waals surface area contributed by atoms with Gasteiger partial charge in [-0.15, -0.1) is 0 Å². The predicted molar refractivity (Wildman–Crippen MR) is 61.5 cm³/mol. The van der Waals surface area contributed by atoms with E-state index in [0.717, 1.165) is 0 Å². The lowest BCUT2D eigenvalue weighted by atomic mass is 11.3. The molecular weight excluding hydrogens is 238 g/mol. The lowest BCUT2D eigenvalue weighted by Crippen LogP contribution is -2.26. The first kappa shape index (κ1) is 15.3. The smallest absolute Gasteiger partial charge is 0.256 e. The van der Waals surface area contributed by atoms with Gasteiger partial charge in [0.15, 0.2) is 0 Å². The van der Waals surface area contributed by atoms with Gasteiger partial charge in [-0.1, -0.05) is 0 Å². The van der Waals surface area contributed by atoms with Crippen LogP contribution in [0.3, 0.4) is 0 Å². The van der Waals surface area contributed by atoms with Gasteiger partial charge in [-0.2, -0.15) is 0 Å². The van der Waals surface area contributed by atoms with Gasteiger partial charge in [0.1, 0.15) is 0 Å². The largest absolute Gasteiger partial charge is 0.352 e. The standard InChI is InChI=1S/C6H20N4O3P2/c1-8(2)14(7,11)13-15(12,9(3)4)10(5)6/h1-6H3,(H2,7,11). The van der Waals surface area contributed by atoms with Crippen molar-refractivity contribution in [3.05, 3.63) is 0 Å². The monoisotopic (exact) mass is 258 g/mol. The molecule has 9 heteroatoms. The molecule has 0 aliphatic carbocycles. The fourth-order valence-electron chi connectivity index (χ4n) is 0.729. The second-order valence-corrected chi connectivity index (χ2v) is 8.84. The molecule has 0 heterocycles. The Balaban J connectivity index is 5.04. The average molecular weight is 258 g/mol. The van der Waals surface area contributed by atoms with Crippen LogP contribution in [0.2, 0.25) is 0 Å². The Morgan fingerprint density at radius 1 is 0.867 bits per heavy atom. The Hall–Kier alpha value is 0.260. The zero-order chi connectivity index (χ0) is 12.4. The highest BCUT2D eigenvalue weighted by Crippen LogP contribution is 2.62. The summed E-state index contributed by atoms with van der Waals surface area (Å²) in [6.45, 7) is 0. The second-order valence-electron chi connectivity index (χ2n) is 3.68. The summed E-state index contributed by atoms with van der Waals surface area (Å²) in [5, 5.41) is 0. The highest BCUT2D eigenvalue weighted by atomic mass is 31.3. The highest BCUT2D eigenvalue weighted by molar-refractivity contribution is 7.67. The zero-order valence-corrected chi connectivity index (χ0v) is 11.8. The molecule has 92 valence electrons. The van der Waals surface area contributed by atoms with Gasteiger partial charge in [0.25, 0.3) is 0 Å². The van der Waals surface area contributed by atoms with Crippen molar-refractivity contribution in [2.45, 2.75) is 0 Å². The molecule has 0 aromatic carbocycles. The van der Waals surface area contributed by atoms with Crippen LogP contribution >= 0.6 is 15.3 Å². The van der Waals surface area contributed by atoms with E-state index >= 15 is 0 Å². The molecule has 0 bridgehead atoms. The van der Waals surface area contributed by atoms with Gasteiger partial charge in [0.2, 0.25) is 0 Å². The predicted octanol–water partition coefficient (Wildman–Crippen LogP) is 0.863. The second kappa shape index (κ2) is 5.06. The minimum Gasteiger partial charge on any atom is -0.256 e. The quantitative estimate of drug-likeness (QED) is 0.732. The molecule has 0 spiro atoms. The normalized spacial score (nSPS) is 17.5. The van der Waals surface area contributed by atoms with E-state index in [1.165, 1.54) is 28.1 Å². The van der Waals surface area contributed by atoms with Gasteiger partial charge in [-0.3, -0.25) is 9.13 Å². The van der Waals surface area contributed by atoms with Gasteiger partial charge in [0, 0.05) is 0 Å². The van der Waals surface area contributed by atoms with Crippen LogP contribution in [-0.2, 0) is 13.4 Å². The molecule has 0 aromatic heterocycles. The topological polar surface area (TPSA) is 79.1 Å². The minimum atomic E-state index is -3.51. The van der Waals surface area contributed by atoms with E-state index in [9.17, 15) is 9.13 Å². The van der Waals surface area contributed by atoms with Crippen molar-refractivity contribution in [2.75, 3.05) is 42.3 Å². The Bertz CT molecular complexity index is 293. The molecule has 1 atom stereocenters. The number of nitrogens with two attached hydrogens (primary N) is 1. The summed E-state index contributed by atoms with van der Waals surface area (Å²) in [5.41, 5.74) is 5.45. The van der Waals surface area contributed by atoms with Crippen molar-refractivity contribution in [1.82, 2.24) is 14.0 Å². The number of hydrogen-bond donors (Lipinski definition) is 1. The molecule has 0 fully saturated rings. The number of nitrogens with zero attached hydrogens (tertiary/aromatic N) is 3. The van der Waals surface area contributed by atoms with Crippen LogP contribution in [0.1, 0.15) is 0 Å². The fourth-order valence-corrected chi connectivity index (χ4v) is 4.42. The van der Waals surface area contributed by atoms with E-state index < -0.39 is 15.3 Å². The molecule has 7 nitrogen and oxygen atoms in total. The molecule has 0 aliphatic heterocycles. The maximum absolute atomic E-state index is 12.3. The Kier molecular flexibility index (Phi) is 5.15. The summed E-state index contributed by atoms with van der Waals surface area (Å²) in [5.74, 6) is 0. The molecular formula is C6H20N4O3P2. The van der Waals surface area contributed by atoms with Crippen molar-refractivity contribution >= 4 is 15.3 Å². The molecule has 0 amide bonds. The van der Waals surface area contributed by atoms with Crippen molar-refractivity contribution < 1.29 is 13.4 Å². The summed E-state index contributed by atoms with van der Waals surface area (Å²) in [6.07, 6.45) is 0. The Labute approximate surface area is 91.3 Å². The third kappa shape index (κ3) is 3.64. The van der Waals surface area contributed by atoms with E-state index in [1.807, 2.05) is 0 Å². The Morgan fingerprint density at radius 2 is 1.20 bits per heavy atom. The van der Waals surface area contributed by atoms with E-state index in [-0.39, 0.29) is 0 Å². The van der Waals surface area contributed by atoms with E-state index in [1.54, 1.807) is 28.2 Å². The molecule has 15 heavy (non-hydrogen) atoms. The first-order valence-electron chi connectivity index (χ1n) is 4.27. The molecule has 0 aromatic rings. The molecule has 0 rings (SSSR count). The third-order valence-electron chi connectivity index (χ3n) is 1.79. The highest BCUT2D eigenvalue weighted by Gasteiger charge is 2.38. The van der Waals surface area contributed by atoms with Crippen molar-refractivity contribution in [3.8, 4) is 0 Å².